The third-order valence-electron chi connectivity index (χ3n) is 4.78. The number of nitrogens with one attached hydrogen (secondary N) is 1. The number of benzene rings is 3. The van der Waals surface area contributed by atoms with Crippen LogP contribution >= 0.6 is 23.2 Å². The Morgan fingerprint density at radius 3 is 2.33 bits per heavy atom. The van der Waals surface area contributed by atoms with E-state index in [1.165, 1.54) is 48.5 Å². The van der Waals surface area contributed by atoms with Gasteiger partial charge in [0.05, 0.1) is 26.2 Å². The lowest BCUT2D eigenvalue weighted by Crippen LogP contribution is -2.38. The average Bonchev–Trinajstić information content (AvgIpc) is 2.75. The summed E-state index contributed by atoms with van der Waals surface area (Å²) >= 11 is 12.3. The van der Waals surface area contributed by atoms with Gasteiger partial charge >= 0.3 is 0 Å². The Morgan fingerprint density at radius 1 is 1.03 bits per heavy atom. The topological polar surface area (TPSA) is 110 Å². The van der Waals surface area contributed by atoms with Crippen LogP contribution in [0, 0.1) is 24.0 Å². The number of nitro groups is 1. The van der Waals surface area contributed by atoms with Gasteiger partial charge in [-0.05, 0) is 49.7 Å². The number of carbonyl (C=O) groups excluding carboxylic acids is 1. The minimum atomic E-state index is -4.21. The number of non-ortho nitro benzene ring substituents is 1. The Kier molecular flexibility index (Phi) is 7.26. The summed E-state index contributed by atoms with van der Waals surface area (Å²) in [4.78, 5) is 23.3. The van der Waals surface area contributed by atoms with Crippen LogP contribution in [0.4, 0.5) is 17.1 Å². The van der Waals surface area contributed by atoms with Crippen LogP contribution in [0.25, 0.3) is 0 Å². The maximum atomic E-state index is 13.5. The van der Waals surface area contributed by atoms with E-state index in [1.54, 1.807) is 19.1 Å². The van der Waals surface area contributed by atoms with Crippen molar-refractivity contribution in [2.75, 3.05) is 16.2 Å². The SMILES string of the molecule is Cc1ccc(S(=O)(=O)N(CC(=O)Nc2cc([N+](=O)[O-])ccc2C)c2cc(Cl)ccc2Cl)cc1. The van der Waals surface area contributed by atoms with Crippen molar-refractivity contribution in [3.63, 3.8) is 0 Å². The molecule has 8 nitrogen and oxygen atoms in total. The number of amides is 1. The lowest BCUT2D eigenvalue weighted by Gasteiger charge is -2.25. The summed E-state index contributed by atoms with van der Waals surface area (Å²) in [5.74, 6) is -0.717. The molecule has 1 amide bonds. The molecule has 3 rings (SSSR count). The second-order valence-electron chi connectivity index (χ2n) is 7.22. The number of carbonyl (C=O) groups is 1. The molecule has 0 aliphatic heterocycles. The minimum absolute atomic E-state index is 0.0238. The highest BCUT2D eigenvalue weighted by molar-refractivity contribution is 7.92. The quantitative estimate of drug-likeness (QED) is 0.342. The van der Waals surface area contributed by atoms with E-state index in [-0.39, 0.29) is 32.0 Å². The third-order valence-corrected chi connectivity index (χ3v) is 7.11. The van der Waals surface area contributed by atoms with Crippen LogP contribution in [0.5, 0.6) is 0 Å². The number of hydrogen-bond donors (Lipinski definition) is 1. The average molecular weight is 508 g/mol. The maximum absolute atomic E-state index is 13.5. The van der Waals surface area contributed by atoms with Gasteiger partial charge in [-0.3, -0.25) is 19.2 Å². The molecule has 0 aliphatic carbocycles. The second-order valence-corrected chi connectivity index (χ2v) is 9.93. The highest BCUT2D eigenvalue weighted by atomic mass is 35.5. The molecule has 33 heavy (non-hydrogen) atoms. The molecule has 11 heteroatoms. The predicted octanol–water partition coefficient (Wildman–Crippen LogP) is 5.35. The van der Waals surface area contributed by atoms with Crippen molar-refractivity contribution in [3.8, 4) is 0 Å². The number of aryl methyl sites for hydroxylation is 2. The summed E-state index contributed by atoms with van der Waals surface area (Å²) in [5, 5.41) is 13.9. The first-order valence-electron chi connectivity index (χ1n) is 9.58. The molecule has 3 aromatic rings. The second kappa shape index (κ2) is 9.78. The Hall–Kier alpha value is -3.14. The zero-order valence-corrected chi connectivity index (χ0v) is 19.9. The van der Waals surface area contributed by atoms with Gasteiger partial charge in [0.25, 0.3) is 15.7 Å². The molecule has 0 bridgehead atoms. The zero-order valence-electron chi connectivity index (χ0n) is 17.6. The van der Waals surface area contributed by atoms with E-state index in [1.807, 2.05) is 6.92 Å². The summed E-state index contributed by atoms with van der Waals surface area (Å²) in [6.45, 7) is 2.84. The Balaban J connectivity index is 2.01. The molecular formula is C22H19Cl2N3O5S. The molecule has 3 aromatic carbocycles. The van der Waals surface area contributed by atoms with E-state index in [2.05, 4.69) is 5.32 Å². The van der Waals surface area contributed by atoms with Gasteiger partial charge in [-0.25, -0.2) is 8.42 Å². The normalized spacial score (nSPS) is 11.2. The smallest absolute Gasteiger partial charge is 0.271 e. The molecule has 0 atom stereocenters. The largest absolute Gasteiger partial charge is 0.324 e. The molecule has 0 fully saturated rings. The molecule has 0 saturated carbocycles. The van der Waals surface area contributed by atoms with E-state index >= 15 is 0 Å². The van der Waals surface area contributed by atoms with Gasteiger partial charge < -0.3 is 5.32 Å². The van der Waals surface area contributed by atoms with Crippen LogP contribution in [0.2, 0.25) is 10.0 Å². The summed E-state index contributed by atoms with van der Waals surface area (Å²) in [7, 11) is -4.21. The van der Waals surface area contributed by atoms with E-state index in [0.29, 0.717) is 5.56 Å². The Bertz CT molecular complexity index is 1330. The highest BCUT2D eigenvalue weighted by Crippen LogP contribution is 2.33. The molecule has 172 valence electrons. The van der Waals surface area contributed by atoms with Gasteiger partial charge in [0, 0.05) is 17.2 Å². The van der Waals surface area contributed by atoms with Crippen LogP contribution in [-0.4, -0.2) is 25.8 Å². The van der Waals surface area contributed by atoms with Gasteiger partial charge in [0.15, 0.2) is 0 Å². The van der Waals surface area contributed by atoms with Crippen molar-refractivity contribution in [2.24, 2.45) is 0 Å². The van der Waals surface area contributed by atoms with Gasteiger partial charge in [-0.15, -0.1) is 0 Å². The van der Waals surface area contributed by atoms with E-state index in [0.717, 1.165) is 9.87 Å². The number of hydrogen-bond acceptors (Lipinski definition) is 5. The van der Waals surface area contributed by atoms with Crippen molar-refractivity contribution < 1.29 is 18.1 Å². The fraction of sp³-hybridized carbons (Fsp3) is 0.136. The van der Waals surface area contributed by atoms with Crippen molar-refractivity contribution in [3.05, 3.63) is 92.0 Å². The number of halogens is 2. The van der Waals surface area contributed by atoms with E-state index < -0.39 is 27.4 Å². The first-order chi connectivity index (χ1) is 15.5. The van der Waals surface area contributed by atoms with Crippen LogP contribution in [0.1, 0.15) is 11.1 Å². The standard InChI is InChI=1S/C22H19Cl2N3O5S/c1-14-3-8-18(9-4-14)33(31,32)26(21-11-16(23)6-10-19(21)24)13-22(28)25-20-12-17(27(29)30)7-5-15(20)2/h3-12H,13H2,1-2H3,(H,25,28). The molecule has 0 radical (unpaired) electrons. The highest BCUT2D eigenvalue weighted by Gasteiger charge is 2.29. The molecular weight excluding hydrogens is 489 g/mol. The van der Waals surface area contributed by atoms with Crippen molar-refractivity contribution in [2.45, 2.75) is 18.7 Å². The van der Waals surface area contributed by atoms with Gasteiger partial charge in [-0.2, -0.15) is 0 Å². The molecule has 0 aliphatic rings. The molecule has 0 saturated heterocycles. The third kappa shape index (κ3) is 5.62. The number of sulfonamides is 1. The van der Waals surface area contributed by atoms with Crippen LogP contribution < -0.4 is 9.62 Å². The van der Waals surface area contributed by atoms with E-state index in [4.69, 9.17) is 23.2 Å². The first-order valence-corrected chi connectivity index (χ1v) is 11.8. The number of anilines is 2. The molecule has 0 heterocycles. The van der Waals surface area contributed by atoms with Gasteiger partial charge in [0.1, 0.15) is 6.54 Å². The van der Waals surface area contributed by atoms with Crippen LogP contribution in [-0.2, 0) is 14.8 Å². The zero-order chi connectivity index (χ0) is 24.3. The number of rotatable bonds is 7. The summed E-state index contributed by atoms with van der Waals surface area (Å²) in [6.07, 6.45) is 0. The first kappa shape index (κ1) is 24.5. The van der Waals surface area contributed by atoms with Crippen molar-refractivity contribution in [1.29, 1.82) is 0 Å². The van der Waals surface area contributed by atoms with Crippen molar-refractivity contribution in [1.82, 2.24) is 0 Å². The minimum Gasteiger partial charge on any atom is -0.324 e. The van der Waals surface area contributed by atoms with Crippen LogP contribution in [0.3, 0.4) is 0 Å². The fourth-order valence-corrected chi connectivity index (χ4v) is 4.86. The molecule has 0 unspecified atom stereocenters. The number of nitrogens with zero attached hydrogens (tertiary/aromatic N) is 2. The Morgan fingerprint density at radius 2 is 1.70 bits per heavy atom. The lowest BCUT2D eigenvalue weighted by molar-refractivity contribution is -0.384. The lowest BCUT2D eigenvalue weighted by atomic mass is 10.2. The molecule has 0 spiro atoms. The molecule has 1 N–H and O–H groups in total. The van der Waals surface area contributed by atoms with Crippen molar-refractivity contribution >= 4 is 56.2 Å². The maximum Gasteiger partial charge on any atom is 0.271 e. The van der Waals surface area contributed by atoms with Gasteiger partial charge in [-0.1, -0.05) is 47.0 Å². The van der Waals surface area contributed by atoms with E-state index in [9.17, 15) is 23.3 Å². The fourth-order valence-electron chi connectivity index (χ4n) is 2.99. The summed E-state index contributed by atoms with van der Waals surface area (Å²) in [5.41, 5.74) is 1.44. The summed E-state index contributed by atoms with van der Waals surface area (Å²) < 4.78 is 27.8. The molecule has 0 aromatic heterocycles. The Labute approximate surface area is 200 Å². The van der Waals surface area contributed by atoms with Crippen LogP contribution in [0.15, 0.2) is 65.6 Å². The predicted molar refractivity (Wildman–Crippen MR) is 129 cm³/mol. The van der Waals surface area contributed by atoms with Gasteiger partial charge in [0.2, 0.25) is 5.91 Å². The monoisotopic (exact) mass is 507 g/mol. The number of nitro benzene ring substituents is 1. The summed E-state index contributed by atoms with van der Waals surface area (Å²) in [6, 6.07) is 14.4.